The van der Waals surface area contributed by atoms with Crippen LogP contribution in [0.5, 0.6) is 0 Å². The van der Waals surface area contributed by atoms with Crippen molar-refractivity contribution in [3.63, 3.8) is 0 Å². The van der Waals surface area contributed by atoms with Crippen LogP contribution in [0.15, 0.2) is 0 Å². The molecule has 0 aromatic rings. The molecule has 0 aromatic heterocycles. The van der Waals surface area contributed by atoms with Crippen LogP contribution in [0.25, 0.3) is 0 Å². The summed E-state index contributed by atoms with van der Waals surface area (Å²) in [6.45, 7) is 21.0. The Kier molecular flexibility index (Phi) is 13.1. The van der Waals surface area contributed by atoms with Gasteiger partial charge in [-0.3, -0.25) is 0 Å². The maximum atomic E-state index is 6.48. The van der Waals surface area contributed by atoms with Crippen molar-refractivity contribution in [2.45, 2.75) is 208 Å². The van der Waals surface area contributed by atoms with E-state index >= 15 is 0 Å². The lowest BCUT2D eigenvalue weighted by atomic mass is 9.44. The number of hydrogen-bond acceptors (Lipinski definition) is 4. The normalized spacial score (nSPS) is 49.5. The highest BCUT2D eigenvalue weighted by Crippen LogP contribution is 2.70. The summed E-state index contributed by atoms with van der Waals surface area (Å²) in [5.41, 5.74) is 15.4. The fourth-order valence-corrected chi connectivity index (χ4v) is 18.8. The van der Waals surface area contributed by atoms with E-state index in [1.807, 2.05) is 0 Å². The summed E-state index contributed by atoms with van der Waals surface area (Å²) in [7, 11) is 0. The molecule has 56 heavy (non-hydrogen) atoms. The Labute approximate surface area is 347 Å². The molecule has 4 nitrogen and oxygen atoms in total. The van der Waals surface area contributed by atoms with E-state index < -0.39 is 0 Å². The molecule has 6 N–H and O–H groups in total. The van der Waals surface area contributed by atoms with Gasteiger partial charge in [-0.25, -0.2) is 0 Å². The van der Waals surface area contributed by atoms with Gasteiger partial charge >= 0.3 is 0 Å². The van der Waals surface area contributed by atoms with Crippen LogP contribution in [0, 0.1) is 92.7 Å². The van der Waals surface area contributed by atoms with Crippen LogP contribution in [0.1, 0.15) is 196 Å². The third kappa shape index (κ3) is 7.80. The molecule has 0 aromatic carbocycles. The van der Waals surface area contributed by atoms with Crippen molar-refractivity contribution in [1.82, 2.24) is 10.6 Å². The molecule has 4 heteroatoms. The zero-order valence-electron chi connectivity index (χ0n) is 38.0. The molecule has 0 amide bonds. The van der Waals surface area contributed by atoms with Gasteiger partial charge in [0.2, 0.25) is 0 Å². The predicted octanol–water partition coefficient (Wildman–Crippen LogP) is 11.8. The molecular formula is C52H94N4. The van der Waals surface area contributed by atoms with Crippen LogP contribution >= 0.6 is 0 Å². The third-order valence-electron chi connectivity index (χ3n) is 21.9. The Morgan fingerprint density at radius 2 is 0.821 bits per heavy atom. The van der Waals surface area contributed by atoms with E-state index in [4.69, 9.17) is 11.5 Å². The zero-order valence-corrected chi connectivity index (χ0v) is 38.0. The Balaban J connectivity index is 0.671. The van der Waals surface area contributed by atoms with Crippen molar-refractivity contribution >= 4 is 0 Å². The molecule has 0 unspecified atom stereocenters. The molecule has 8 aliphatic carbocycles. The van der Waals surface area contributed by atoms with Crippen LogP contribution in [0.4, 0.5) is 0 Å². The van der Waals surface area contributed by atoms with Crippen LogP contribution < -0.4 is 22.1 Å². The predicted molar refractivity (Wildman–Crippen MR) is 238 cm³/mol. The Morgan fingerprint density at radius 3 is 1.25 bits per heavy atom. The topological polar surface area (TPSA) is 76.1 Å². The number of unbranched alkanes of at least 4 members (excludes halogenated alkanes) is 1. The minimum atomic E-state index is 0.478. The summed E-state index contributed by atoms with van der Waals surface area (Å²) < 4.78 is 0. The Hall–Kier alpha value is -0.160. The molecule has 8 fully saturated rings. The molecule has 0 heterocycles. The van der Waals surface area contributed by atoms with Gasteiger partial charge in [-0.15, -0.1) is 0 Å². The number of nitrogens with two attached hydrogens (primary N) is 2. The molecule has 8 saturated carbocycles. The summed E-state index contributed by atoms with van der Waals surface area (Å²) in [4.78, 5) is 0. The molecule has 8 rings (SSSR count). The quantitative estimate of drug-likeness (QED) is 0.125. The molecule has 18 atom stereocenters. The zero-order chi connectivity index (χ0) is 39.3. The lowest BCUT2D eigenvalue weighted by Crippen LogP contribution is -2.54. The minimum Gasteiger partial charge on any atom is -0.328 e. The van der Waals surface area contributed by atoms with Crippen molar-refractivity contribution in [2.75, 3.05) is 26.2 Å². The van der Waals surface area contributed by atoms with Crippen molar-refractivity contribution in [3.8, 4) is 0 Å². The Morgan fingerprint density at radius 1 is 0.446 bits per heavy atom. The van der Waals surface area contributed by atoms with Crippen LogP contribution in [0.3, 0.4) is 0 Å². The molecule has 0 saturated heterocycles. The average Bonchev–Trinajstić information content (AvgIpc) is 3.72. The van der Waals surface area contributed by atoms with Gasteiger partial charge in [0.1, 0.15) is 0 Å². The second-order valence-corrected chi connectivity index (χ2v) is 24.3. The highest BCUT2D eigenvalue weighted by Gasteiger charge is 2.62. The van der Waals surface area contributed by atoms with Gasteiger partial charge in [0.15, 0.2) is 0 Å². The second-order valence-electron chi connectivity index (χ2n) is 24.3. The van der Waals surface area contributed by atoms with Crippen molar-refractivity contribution in [2.24, 2.45) is 104 Å². The van der Waals surface area contributed by atoms with E-state index in [9.17, 15) is 0 Å². The van der Waals surface area contributed by atoms with Crippen molar-refractivity contribution in [3.05, 3.63) is 0 Å². The molecule has 0 aliphatic heterocycles. The van der Waals surface area contributed by atoms with E-state index in [0.29, 0.717) is 33.7 Å². The number of hydrogen-bond donors (Lipinski definition) is 4. The SMILES string of the molecule is C[C@H](CCCNCCCCNCCC[C@@H](C)[C@H]1CC[C@H]2[C@@H]3CC[C@@H]4C[C@@H](N)CC[C@]4(C)[C@H]3CC[C@]12C)[C@H]1CC[C@H]2[C@@H]3CC[C@@H]4C[C@@H](N)CC[C@]4(C)[C@H]3CC[C@]12C. The first-order valence-electron chi connectivity index (χ1n) is 25.8. The summed E-state index contributed by atoms with van der Waals surface area (Å²) >= 11 is 0. The lowest BCUT2D eigenvalue weighted by molar-refractivity contribution is -0.116. The van der Waals surface area contributed by atoms with E-state index in [-0.39, 0.29) is 0 Å². The maximum Gasteiger partial charge on any atom is 0.00418 e. The molecule has 322 valence electrons. The first-order valence-corrected chi connectivity index (χ1v) is 25.8. The molecule has 0 bridgehead atoms. The van der Waals surface area contributed by atoms with E-state index in [2.05, 4.69) is 52.2 Å². The summed E-state index contributed by atoms with van der Waals surface area (Å²) in [6.07, 6.45) is 34.2. The second kappa shape index (κ2) is 17.3. The molecular weight excluding hydrogens is 681 g/mol. The number of nitrogens with one attached hydrogen (secondary N) is 2. The van der Waals surface area contributed by atoms with Crippen LogP contribution in [-0.4, -0.2) is 38.3 Å². The van der Waals surface area contributed by atoms with Gasteiger partial charge in [0, 0.05) is 12.1 Å². The van der Waals surface area contributed by atoms with E-state index in [1.54, 1.807) is 0 Å². The van der Waals surface area contributed by atoms with Crippen LogP contribution in [0.2, 0.25) is 0 Å². The average molecular weight is 775 g/mol. The van der Waals surface area contributed by atoms with Gasteiger partial charge in [-0.1, -0.05) is 41.5 Å². The van der Waals surface area contributed by atoms with Crippen molar-refractivity contribution < 1.29 is 0 Å². The van der Waals surface area contributed by atoms with Gasteiger partial charge < -0.3 is 22.1 Å². The molecule has 0 spiro atoms. The maximum absolute atomic E-state index is 6.48. The number of fused-ring (bicyclic) bond motifs is 10. The summed E-state index contributed by atoms with van der Waals surface area (Å²) in [5.74, 6) is 11.5. The van der Waals surface area contributed by atoms with Crippen LogP contribution in [-0.2, 0) is 0 Å². The first-order chi connectivity index (χ1) is 26.9. The largest absolute Gasteiger partial charge is 0.328 e. The van der Waals surface area contributed by atoms with Gasteiger partial charge in [0.25, 0.3) is 0 Å². The number of rotatable bonds is 15. The van der Waals surface area contributed by atoms with E-state index in [0.717, 1.165) is 71.0 Å². The molecule has 8 aliphatic rings. The third-order valence-corrected chi connectivity index (χ3v) is 21.9. The molecule has 0 radical (unpaired) electrons. The van der Waals surface area contributed by atoms with Gasteiger partial charge in [-0.05, 0) is 273 Å². The fourth-order valence-electron chi connectivity index (χ4n) is 18.8. The smallest absolute Gasteiger partial charge is 0.00418 e. The lowest BCUT2D eigenvalue weighted by Gasteiger charge is -2.61. The van der Waals surface area contributed by atoms with Gasteiger partial charge in [-0.2, -0.15) is 0 Å². The fraction of sp³-hybridized carbons (Fsp3) is 1.00. The standard InChI is InChI=1S/C52H94N4/c1-35(43-17-19-45-41-15-13-37-33-39(53)21-25-49(37,3)47(41)23-27-51(43,45)5)11-9-31-55-29-7-8-30-56-32-10-12-36(2)44-18-20-46-42-16-14-38-34-40(54)22-26-50(38,4)48(42)24-28-52(44,46)6/h35-48,55-56H,7-34,53-54H2,1-6H3/t35-,36-,37-,38-,39+,40+,41+,42+,43-,44-,45+,46+,47+,48+,49+,50+,51-,52-/m1/s1. The Bertz CT molecular complexity index is 1190. The first kappa shape index (κ1) is 42.5. The van der Waals surface area contributed by atoms with Crippen molar-refractivity contribution in [1.29, 1.82) is 0 Å². The van der Waals surface area contributed by atoms with Gasteiger partial charge in [0.05, 0.1) is 0 Å². The summed E-state index contributed by atoms with van der Waals surface area (Å²) in [6, 6.07) is 0.956. The van der Waals surface area contributed by atoms with E-state index in [1.165, 1.54) is 180 Å². The minimum absolute atomic E-state index is 0.478. The summed E-state index contributed by atoms with van der Waals surface area (Å²) in [5, 5.41) is 7.67. The highest BCUT2D eigenvalue weighted by molar-refractivity contribution is 5.11. The highest BCUT2D eigenvalue weighted by atomic mass is 14.9. The monoisotopic (exact) mass is 775 g/mol.